The number of nitrogens with zero attached hydrogens (tertiary/aromatic N) is 1. The zero-order chi connectivity index (χ0) is 19.9. The molecule has 0 fully saturated rings. The van der Waals surface area contributed by atoms with Gasteiger partial charge in [-0.25, -0.2) is 9.78 Å². The number of amides is 1. The number of carbonyl (C=O) groups is 2. The zero-order valence-electron chi connectivity index (χ0n) is 15.5. The second-order valence-electron chi connectivity index (χ2n) is 5.99. The number of nitrogens with one attached hydrogen (secondary N) is 1. The summed E-state index contributed by atoms with van der Waals surface area (Å²) in [6, 6.07) is 14.2. The molecule has 6 heteroatoms. The van der Waals surface area contributed by atoms with Crippen molar-refractivity contribution in [2.24, 2.45) is 0 Å². The molecule has 0 aliphatic rings. The number of anilines is 1. The molecule has 140 valence electrons. The number of aromatic nitrogens is 1. The van der Waals surface area contributed by atoms with Gasteiger partial charge in [-0.3, -0.25) is 4.79 Å². The summed E-state index contributed by atoms with van der Waals surface area (Å²) in [5.41, 5.74) is 3.35. The third-order valence-electron chi connectivity index (χ3n) is 3.79. The number of carbonyl (C=O) groups excluding carboxylic acids is 2. The molecule has 1 heterocycles. The Kier molecular flexibility index (Phi) is 6.20. The fourth-order valence-electron chi connectivity index (χ4n) is 2.52. The minimum atomic E-state index is -0.399. The monoisotopic (exact) mass is 390 g/mol. The fourth-order valence-corrected chi connectivity index (χ4v) is 3.13. The highest BCUT2D eigenvalue weighted by Crippen LogP contribution is 2.13. The van der Waals surface area contributed by atoms with Gasteiger partial charge >= 0.3 is 5.97 Å². The maximum Gasteiger partial charge on any atom is 0.337 e. The lowest BCUT2D eigenvalue weighted by Crippen LogP contribution is -2.14. The van der Waals surface area contributed by atoms with Crippen molar-refractivity contribution < 1.29 is 14.3 Å². The van der Waals surface area contributed by atoms with Gasteiger partial charge < -0.3 is 10.1 Å². The number of hydrogen-bond acceptors (Lipinski definition) is 5. The molecule has 0 aliphatic heterocycles. The van der Waals surface area contributed by atoms with Crippen LogP contribution in [0.25, 0.3) is 0 Å². The van der Waals surface area contributed by atoms with Crippen LogP contribution >= 0.6 is 11.3 Å². The topological polar surface area (TPSA) is 68.3 Å². The van der Waals surface area contributed by atoms with Crippen molar-refractivity contribution in [1.82, 2.24) is 4.98 Å². The van der Waals surface area contributed by atoms with E-state index in [1.165, 1.54) is 18.4 Å². The summed E-state index contributed by atoms with van der Waals surface area (Å²) in [7, 11) is 1.34. The van der Waals surface area contributed by atoms with E-state index in [1.54, 1.807) is 24.3 Å². The predicted molar refractivity (Wildman–Crippen MR) is 109 cm³/mol. The molecule has 0 unspecified atom stereocenters. The van der Waals surface area contributed by atoms with Crippen molar-refractivity contribution in [3.63, 3.8) is 0 Å². The molecule has 0 aliphatic carbocycles. The molecule has 3 rings (SSSR count). The number of thiazole rings is 1. The van der Waals surface area contributed by atoms with Crippen molar-refractivity contribution in [3.8, 4) is 11.8 Å². The Balaban J connectivity index is 1.69. The maximum atomic E-state index is 12.2. The van der Waals surface area contributed by atoms with Gasteiger partial charge in [0.25, 0.3) is 0 Å². The van der Waals surface area contributed by atoms with E-state index in [1.807, 2.05) is 36.6 Å². The third kappa shape index (κ3) is 5.29. The van der Waals surface area contributed by atoms with Crippen LogP contribution in [0.15, 0.2) is 53.9 Å². The molecule has 1 aromatic heterocycles. The van der Waals surface area contributed by atoms with Crippen LogP contribution in [0, 0.1) is 18.8 Å². The van der Waals surface area contributed by atoms with E-state index >= 15 is 0 Å². The molecule has 0 atom stereocenters. The number of rotatable bonds is 4. The zero-order valence-corrected chi connectivity index (χ0v) is 16.3. The summed E-state index contributed by atoms with van der Waals surface area (Å²) in [4.78, 5) is 28.1. The lowest BCUT2D eigenvalue weighted by atomic mass is 10.1. The van der Waals surface area contributed by atoms with Crippen molar-refractivity contribution in [2.45, 2.75) is 13.3 Å². The molecule has 0 spiro atoms. The van der Waals surface area contributed by atoms with Gasteiger partial charge in [0.05, 0.1) is 29.8 Å². The maximum absolute atomic E-state index is 12.2. The minimum absolute atomic E-state index is 0.124. The molecule has 3 aromatic rings. The molecule has 0 saturated carbocycles. The number of esters is 1. The van der Waals surface area contributed by atoms with Gasteiger partial charge in [-0.15, -0.1) is 11.3 Å². The summed E-state index contributed by atoms with van der Waals surface area (Å²) >= 11 is 1.53. The molecule has 0 saturated heterocycles. The van der Waals surface area contributed by atoms with Gasteiger partial charge in [-0.05, 0) is 43.3 Å². The standard InChI is InChI=1S/C22H18N2O3S/c1-15-23-20(14-28-15)13-21(25)24-19-8-4-6-17(12-19)10-9-16-5-3-7-18(11-16)22(26)27-2/h3-8,11-12,14H,13H2,1-2H3,(H,24,25). The number of aryl methyl sites for hydroxylation is 1. The molecule has 2 aromatic carbocycles. The highest BCUT2D eigenvalue weighted by atomic mass is 32.1. The highest BCUT2D eigenvalue weighted by molar-refractivity contribution is 7.09. The molecule has 28 heavy (non-hydrogen) atoms. The number of hydrogen-bond donors (Lipinski definition) is 1. The Bertz CT molecular complexity index is 1080. The van der Waals surface area contributed by atoms with E-state index in [9.17, 15) is 9.59 Å². The quantitative estimate of drug-likeness (QED) is 0.543. The van der Waals surface area contributed by atoms with Crippen LogP contribution in [-0.2, 0) is 16.0 Å². The van der Waals surface area contributed by atoms with E-state index in [4.69, 9.17) is 4.74 Å². The van der Waals surface area contributed by atoms with Gasteiger partial charge in [-0.2, -0.15) is 0 Å². The van der Waals surface area contributed by atoms with Gasteiger partial charge in [0, 0.05) is 22.2 Å². The third-order valence-corrected chi connectivity index (χ3v) is 4.61. The molecule has 0 radical (unpaired) electrons. The van der Waals surface area contributed by atoms with Crippen molar-refractivity contribution in [3.05, 3.63) is 81.3 Å². The molecule has 5 nitrogen and oxygen atoms in total. The van der Waals surface area contributed by atoms with E-state index < -0.39 is 5.97 Å². The SMILES string of the molecule is COC(=O)c1cccc(C#Cc2cccc(NC(=O)Cc3csc(C)n3)c2)c1. The molecule has 0 bridgehead atoms. The van der Waals surface area contributed by atoms with Crippen LogP contribution in [0.5, 0.6) is 0 Å². The van der Waals surface area contributed by atoms with Crippen LogP contribution in [0.1, 0.15) is 32.2 Å². The Labute approximate surface area is 167 Å². The molecule has 1 amide bonds. The first-order chi connectivity index (χ1) is 13.5. The minimum Gasteiger partial charge on any atom is -0.465 e. The molecular weight excluding hydrogens is 372 g/mol. The number of benzene rings is 2. The number of ether oxygens (including phenoxy) is 1. The van der Waals surface area contributed by atoms with Crippen LogP contribution in [0.4, 0.5) is 5.69 Å². The Morgan fingerprint density at radius 3 is 2.50 bits per heavy atom. The molecule has 1 N–H and O–H groups in total. The van der Waals surface area contributed by atoms with E-state index in [0.717, 1.165) is 16.3 Å². The lowest BCUT2D eigenvalue weighted by molar-refractivity contribution is -0.115. The first-order valence-electron chi connectivity index (χ1n) is 8.55. The van der Waals surface area contributed by atoms with Crippen LogP contribution < -0.4 is 5.32 Å². The summed E-state index contributed by atoms with van der Waals surface area (Å²) in [5, 5.41) is 5.70. The average molecular weight is 390 g/mol. The van der Waals surface area contributed by atoms with Gasteiger partial charge in [0.1, 0.15) is 0 Å². The van der Waals surface area contributed by atoms with E-state index in [-0.39, 0.29) is 12.3 Å². The predicted octanol–water partition coefficient (Wildman–Crippen LogP) is 3.82. The average Bonchev–Trinajstić information content (AvgIpc) is 3.10. The first-order valence-corrected chi connectivity index (χ1v) is 9.43. The summed E-state index contributed by atoms with van der Waals surface area (Å²) in [6.07, 6.45) is 0.237. The van der Waals surface area contributed by atoms with Gasteiger partial charge in [0.2, 0.25) is 5.91 Å². The smallest absolute Gasteiger partial charge is 0.337 e. The van der Waals surface area contributed by atoms with Crippen LogP contribution in [0.2, 0.25) is 0 Å². The summed E-state index contributed by atoms with van der Waals surface area (Å²) in [5.74, 6) is 5.55. The van der Waals surface area contributed by atoms with Gasteiger partial charge in [-0.1, -0.05) is 24.0 Å². The van der Waals surface area contributed by atoms with Crippen LogP contribution in [-0.4, -0.2) is 24.0 Å². The van der Waals surface area contributed by atoms with E-state index in [0.29, 0.717) is 16.8 Å². The van der Waals surface area contributed by atoms with Crippen molar-refractivity contribution in [1.29, 1.82) is 0 Å². The Morgan fingerprint density at radius 2 is 1.82 bits per heavy atom. The molecular formula is C22H18N2O3S. The second kappa shape index (κ2) is 8.98. The van der Waals surface area contributed by atoms with E-state index in [2.05, 4.69) is 22.1 Å². The largest absolute Gasteiger partial charge is 0.465 e. The first kappa shape index (κ1) is 19.3. The second-order valence-corrected chi connectivity index (χ2v) is 7.05. The van der Waals surface area contributed by atoms with Crippen molar-refractivity contribution >= 4 is 28.9 Å². The summed E-state index contributed by atoms with van der Waals surface area (Å²) < 4.78 is 4.72. The number of methoxy groups -OCH3 is 1. The fraction of sp³-hybridized carbons (Fsp3) is 0.136. The normalized spacial score (nSPS) is 9.93. The van der Waals surface area contributed by atoms with Crippen molar-refractivity contribution in [2.75, 3.05) is 12.4 Å². The lowest BCUT2D eigenvalue weighted by Gasteiger charge is -2.04. The van der Waals surface area contributed by atoms with Gasteiger partial charge in [0.15, 0.2) is 0 Å². The summed E-state index contributed by atoms with van der Waals surface area (Å²) in [6.45, 7) is 1.91. The van der Waals surface area contributed by atoms with Crippen LogP contribution in [0.3, 0.4) is 0 Å². The Hall–Kier alpha value is -3.43. The Morgan fingerprint density at radius 1 is 1.11 bits per heavy atom. The highest BCUT2D eigenvalue weighted by Gasteiger charge is 2.07.